The van der Waals surface area contributed by atoms with E-state index in [-0.39, 0.29) is 17.0 Å². The molecule has 0 spiro atoms. The van der Waals surface area contributed by atoms with E-state index >= 15 is 0 Å². The van der Waals surface area contributed by atoms with Crippen LogP contribution in [0.4, 0.5) is 10.5 Å². The molecule has 0 saturated heterocycles. The zero-order valence-electron chi connectivity index (χ0n) is 10.5. The third kappa shape index (κ3) is 5.15. The summed E-state index contributed by atoms with van der Waals surface area (Å²) in [5.41, 5.74) is 5.28. The van der Waals surface area contributed by atoms with E-state index in [9.17, 15) is 14.4 Å². The summed E-state index contributed by atoms with van der Waals surface area (Å²) in [6.45, 7) is 0.291. The Kier molecular flexibility index (Phi) is 5.79. The predicted molar refractivity (Wildman–Crippen MR) is 73.9 cm³/mol. The van der Waals surface area contributed by atoms with Crippen LogP contribution in [0, 0.1) is 0 Å². The van der Waals surface area contributed by atoms with Gasteiger partial charge in [-0.15, -0.1) is 0 Å². The third-order valence-electron chi connectivity index (χ3n) is 2.35. The highest BCUT2D eigenvalue weighted by Gasteiger charge is 2.09. The van der Waals surface area contributed by atoms with E-state index in [4.69, 9.17) is 22.4 Å². The summed E-state index contributed by atoms with van der Waals surface area (Å²) in [4.78, 5) is 32.7. The van der Waals surface area contributed by atoms with E-state index < -0.39 is 17.9 Å². The molecule has 108 valence electrons. The molecule has 20 heavy (non-hydrogen) atoms. The summed E-state index contributed by atoms with van der Waals surface area (Å²) in [7, 11) is 0. The molecule has 8 heteroatoms. The number of aromatic carboxylic acids is 1. The van der Waals surface area contributed by atoms with Gasteiger partial charge >= 0.3 is 12.0 Å². The van der Waals surface area contributed by atoms with Gasteiger partial charge in [0.1, 0.15) is 0 Å². The Bertz CT molecular complexity index is 533. The number of halogens is 1. The summed E-state index contributed by atoms with van der Waals surface area (Å²) in [6.07, 6.45) is 0.628. The second kappa shape index (κ2) is 7.34. The highest BCUT2D eigenvalue weighted by Crippen LogP contribution is 2.22. The molecule has 1 aromatic rings. The van der Waals surface area contributed by atoms with Gasteiger partial charge in [-0.25, -0.2) is 9.59 Å². The standard InChI is InChI=1S/C12H14ClN3O4/c13-8-6-7(11(18)19)3-4-9(8)16-12(20)15-5-1-2-10(14)17/h3-4,6H,1-2,5H2,(H2,14,17)(H,18,19)(H2,15,16,20). The smallest absolute Gasteiger partial charge is 0.335 e. The summed E-state index contributed by atoms with van der Waals surface area (Å²) in [5, 5.41) is 13.9. The fourth-order valence-electron chi connectivity index (χ4n) is 1.38. The molecule has 0 atom stereocenters. The van der Waals surface area contributed by atoms with Crippen LogP contribution in [0.5, 0.6) is 0 Å². The molecule has 0 aliphatic carbocycles. The molecule has 0 unspecified atom stereocenters. The number of nitrogens with two attached hydrogens (primary N) is 1. The van der Waals surface area contributed by atoms with Crippen molar-refractivity contribution in [2.75, 3.05) is 11.9 Å². The molecule has 1 aromatic carbocycles. The van der Waals surface area contributed by atoms with Crippen molar-refractivity contribution in [3.63, 3.8) is 0 Å². The van der Waals surface area contributed by atoms with E-state index in [0.29, 0.717) is 18.7 Å². The van der Waals surface area contributed by atoms with E-state index in [0.717, 1.165) is 0 Å². The number of urea groups is 1. The number of hydrogen-bond acceptors (Lipinski definition) is 3. The lowest BCUT2D eigenvalue weighted by atomic mass is 10.2. The average Bonchev–Trinajstić information content (AvgIpc) is 2.36. The molecule has 0 aliphatic heterocycles. The first-order chi connectivity index (χ1) is 9.40. The van der Waals surface area contributed by atoms with Crippen LogP contribution in [0.1, 0.15) is 23.2 Å². The number of carboxylic acids is 1. The minimum Gasteiger partial charge on any atom is -0.478 e. The second-order valence-corrected chi connectivity index (χ2v) is 4.36. The van der Waals surface area contributed by atoms with Crippen LogP contribution in [0.15, 0.2) is 18.2 Å². The molecule has 0 radical (unpaired) electrons. The Hall–Kier alpha value is -2.28. The molecule has 0 bridgehead atoms. The van der Waals surface area contributed by atoms with Gasteiger partial charge in [0, 0.05) is 13.0 Å². The van der Waals surface area contributed by atoms with Crippen molar-refractivity contribution in [2.45, 2.75) is 12.8 Å². The normalized spacial score (nSPS) is 9.85. The lowest BCUT2D eigenvalue weighted by Crippen LogP contribution is -2.30. The number of carboxylic acid groups (broad SMARTS) is 1. The molecule has 5 N–H and O–H groups in total. The van der Waals surface area contributed by atoms with Crippen LogP contribution in [-0.4, -0.2) is 29.6 Å². The maximum atomic E-state index is 11.5. The fraction of sp³-hybridized carbons (Fsp3) is 0.250. The van der Waals surface area contributed by atoms with Gasteiger partial charge in [-0.1, -0.05) is 11.6 Å². The highest BCUT2D eigenvalue weighted by molar-refractivity contribution is 6.34. The summed E-state index contributed by atoms with van der Waals surface area (Å²) in [6, 6.07) is 3.47. The minimum absolute atomic E-state index is 0.0300. The van der Waals surface area contributed by atoms with Gasteiger partial charge in [0.25, 0.3) is 0 Å². The van der Waals surface area contributed by atoms with Crippen LogP contribution in [-0.2, 0) is 4.79 Å². The third-order valence-corrected chi connectivity index (χ3v) is 2.66. The minimum atomic E-state index is -1.10. The molecular weight excluding hydrogens is 286 g/mol. The zero-order chi connectivity index (χ0) is 15.1. The molecule has 1 rings (SSSR count). The Morgan fingerprint density at radius 2 is 2.00 bits per heavy atom. The van der Waals surface area contributed by atoms with Crippen molar-refractivity contribution in [3.05, 3.63) is 28.8 Å². The van der Waals surface area contributed by atoms with Gasteiger partial charge in [-0.3, -0.25) is 4.79 Å². The number of carbonyl (C=O) groups excluding carboxylic acids is 2. The van der Waals surface area contributed by atoms with E-state index in [2.05, 4.69) is 10.6 Å². The summed E-state index contributed by atoms with van der Waals surface area (Å²) in [5.74, 6) is -1.53. The molecule has 3 amide bonds. The Balaban J connectivity index is 2.50. The van der Waals surface area contributed by atoms with Crippen molar-refractivity contribution >= 4 is 35.2 Å². The molecule has 0 fully saturated rings. The fourth-order valence-corrected chi connectivity index (χ4v) is 1.61. The Morgan fingerprint density at radius 3 is 2.55 bits per heavy atom. The summed E-state index contributed by atoms with van der Waals surface area (Å²) < 4.78 is 0. The number of amides is 3. The maximum absolute atomic E-state index is 11.5. The number of hydrogen-bond donors (Lipinski definition) is 4. The molecule has 0 aromatic heterocycles. The maximum Gasteiger partial charge on any atom is 0.335 e. The average molecular weight is 300 g/mol. The SMILES string of the molecule is NC(=O)CCCNC(=O)Nc1ccc(C(=O)O)cc1Cl. The lowest BCUT2D eigenvalue weighted by molar-refractivity contribution is -0.118. The largest absolute Gasteiger partial charge is 0.478 e. The van der Waals surface area contributed by atoms with Crippen molar-refractivity contribution in [1.29, 1.82) is 0 Å². The van der Waals surface area contributed by atoms with Gasteiger partial charge in [0.2, 0.25) is 5.91 Å². The van der Waals surface area contributed by atoms with Crippen LogP contribution in [0.2, 0.25) is 5.02 Å². The van der Waals surface area contributed by atoms with Crippen LogP contribution >= 0.6 is 11.6 Å². The van der Waals surface area contributed by atoms with Gasteiger partial charge in [0.15, 0.2) is 0 Å². The first kappa shape index (κ1) is 15.8. The predicted octanol–water partition coefficient (Wildman–Crippen LogP) is 1.43. The molecule has 0 heterocycles. The lowest BCUT2D eigenvalue weighted by Gasteiger charge is -2.09. The van der Waals surface area contributed by atoms with Crippen molar-refractivity contribution < 1.29 is 19.5 Å². The second-order valence-electron chi connectivity index (χ2n) is 3.95. The number of carbonyl (C=O) groups is 3. The zero-order valence-corrected chi connectivity index (χ0v) is 11.2. The van der Waals surface area contributed by atoms with E-state index in [1.165, 1.54) is 18.2 Å². The highest BCUT2D eigenvalue weighted by atomic mass is 35.5. The Labute approximate surface area is 120 Å². The van der Waals surface area contributed by atoms with E-state index in [1.807, 2.05) is 0 Å². The number of nitrogens with one attached hydrogen (secondary N) is 2. The molecule has 0 saturated carbocycles. The topological polar surface area (TPSA) is 122 Å². The monoisotopic (exact) mass is 299 g/mol. The van der Waals surface area contributed by atoms with Gasteiger partial charge < -0.3 is 21.5 Å². The number of anilines is 1. The number of benzene rings is 1. The summed E-state index contributed by atoms with van der Waals surface area (Å²) >= 11 is 5.85. The number of rotatable bonds is 6. The van der Waals surface area contributed by atoms with Gasteiger partial charge in [-0.05, 0) is 24.6 Å². The molecule has 7 nitrogen and oxygen atoms in total. The quantitative estimate of drug-likeness (QED) is 0.593. The van der Waals surface area contributed by atoms with Crippen LogP contribution in [0.3, 0.4) is 0 Å². The molecular formula is C12H14ClN3O4. The first-order valence-electron chi connectivity index (χ1n) is 5.76. The number of primary amides is 1. The van der Waals surface area contributed by atoms with Crippen LogP contribution < -0.4 is 16.4 Å². The van der Waals surface area contributed by atoms with Gasteiger partial charge in [0.05, 0.1) is 16.3 Å². The van der Waals surface area contributed by atoms with Crippen LogP contribution in [0.25, 0.3) is 0 Å². The van der Waals surface area contributed by atoms with Gasteiger partial charge in [-0.2, -0.15) is 0 Å². The molecule has 0 aliphatic rings. The van der Waals surface area contributed by atoms with Crippen molar-refractivity contribution in [1.82, 2.24) is 5.32 Å². The van der Waals surface area contributed by atoms with Crippen molar-refractivity contribution in [3.8, 4) is 0 Å². The van der Waals surface area contributed by atoms with Crippen molar-refractivity contribution in [2.24, 2.45) is 5.73 Å². The first-order valence-corrected chi connectivity index (χ1v) is 6.14. The van der Waals surface area contributed by atoms with E-state index in [1.54, 1.807) is 0 Å². The Morgan fingerprint density at radius 1 is 1.30 bits per heavy atom.